The molecular weight excluding hydrogens is 196 g/mol. The lowest BCUT2D eigenvalue weighted by molar-refractivity contribution is 0.571. The Morgan fingerprint density at radius 3 is 2.31 bits per heavy atom. The minimum Gasteiger partial charge on any atom is -0.316 e. The molecule has 0 aliphatic rings. The molecule has 1 aromatic carbocycles. The van der Waals surface area contributed by atoms with Crippen LogP contribution in [0.2, 0.25) is 0 Å². The Morgan fingerprint density at radius 2 is 1.77 bits per heavy atom. The second kappa shape index (κ2) is 4.53. The van der Waals surface area contributed by atoms with Gasteiger partial charge in [-0.1, -0.05) is 0 Å². The van der Waals surface area contributed by atoms with Crippen LogP contribution < -0.4 is 5.32 Å². The molecule has 0 amide bonds. The first kappa shape index (κ1) is 10.4. The predicted molar refractivity (Wildman–Crippen MR) is 48.7 cm³/mol. The third-order valence-corrected chi connectivity index (χ3v) is 2.01. The van der Waals surface area contributed by atoms with Crippen LogP contribution in [0.3, 0.4) is 0 Å². The molecule has 1 rings (SSSR count). The Labute approximate surface area is 80.7 Å². The Hall–Kier alpha value is -0.670. The zero-order chi connectivity index (χ0) is 9.84. The summed E-state index contributed by atoms with van der Waals surface area (Å²) in [5, 5.41) is 2.75. The van der Waals surface area contributed by atoms with E-state index in [0.717, 1.165) is 6.07 Å². The second-order valence-corrected chi connectivity index (χ2v) is 2.97. The quantitative estimate of drug-likeness (QED) is 0.748. The van der Waals surface area contributed by atoms with Crippen molar-refractivity contribution in [3.8, 4) is 0 Å². The second-order valence-electron chi connectivity index (χ2n) is 2.70. The van der Waals surface area contributed by atoms with Crippen molar-refractivity contribution in [2.24, 2.45) is 0 Å². The van der Waals surface area contributed by atoms with Crippen molar-refractivity contribution in [1.82, 2.24) is 5.32 Å². The molecule has 1 nitrogen and oxygen atoms in total. The average molecular weight is 206 g/mol. The summed E-state index contributed by atoms with van der Waals surface area (Å²) in [6, 6.07) is 2.30. The van der Waals surface area contributed by atoms with Crippen LogP contribution in [0.25, 0.3) is 0 Å². The lowest BCUT2D eigenvalue weighted by Gasteiger charge is -2.05. The van der Waals surface area contributed by atoms with Gasteiger partial charge in [-0.2, -0.15) is 0 Å². The molecule has 0 fully saturated rings. The molecule has 0 saturated heterocycles. The largest absolute Gasteiger partial charge is 0.316 e. The molecule has 0 saturated carbocycles. The summed E-state index contributed by atoms with van der Waals surface area (Å²) in [6.07, 6.45) is 0. The first-order valence-electron chi connectivity index (χ1n) is 3.86. The molecule has 0 radical (unpaired) electrons. The molecule has 1 N–H and O–H groups in total. The van der Waals surface area contributed by atoms with Gasteiger partial charge in [-0.15, -0.1) is 11.6 Å². The number of hydrogen-bond donors (Lipinski definition) is 1. The highest BCUT2D eigenvalue weighted by Gasteiger charge is 2.08. The number of alkyl halides is 1. The van der Waals surface area contributed by atoms with Crippen molar-refractivity contribution in [3.05, 3.63) is 34.9 Å². The summed E-state index contributed by atoms with van der Waals surface area (Å²) < 4.78 is 26.2. The number of benzene rings is 1. The third kappa shape index (κ3) is 2.39. The predicted octanol–water partition coefficient (Wildman–Crippen LogP) is 2.42. The van der Waals surface area contributed by atoms with Gasteiger partial charge in [-0.3, -0.25) is 0 Å². The van der Waals surface area contributed by atoms with Gasteiger partial charge in [-0.05, 0) is 19.2 Å². The van der Waals surface area contributed by atoms with Crippen molar-refractivity contribution in [2.75, 3.05) is 7.05 Å². The van der Waals surface area contributed by atoms with E-state index in [2.05, 4.69) is 5.32 Å². The van der Waals surface area contributed by atoms with Crippen LogP contribution in [0.1, 0.15) is 11.1 Å². The SMILES string of the molecule is CNCc1cc(F)c(CCl)cc1F. The lowest BCUT2D eigenvalue weighted by Crippen LogP contribution is -2.08. The number of rotatable bonds is 3. The third-order valence-electron chi connectivity index (χ3n) is 1.73. The lowest BCUT2D eigenvalue weighted by atomic mass is 10.1. The maximum atomic E-state index is 13.1. The zero-order valence-corrected chi connectivity index (χ0v) is 7.96. The fraction of sp³-hybridized carbons (Fsp3) is 0.333. The minimum atomic E-state index is -0.457. The first-order chi connectivity index (χ1) is 6.19. The summed E-state index contributed by atoms with van der Waals surface area (Å²) in [5.74, 6) is -0.893. The van der Waals surface area contributed by atoms with Gasteiger partial charge >= 0.3 is 0 Å². The van der Waals surface area contributed by atoms with Crippen molar-refractivity contribution in [3.63, 3.8) is 0 Å². The smallest absolute Gasteiger partial charge is 0.128 e. The van der Waals surface area contributed by atoms with E-state index in [1.54, 1.807) is 7.05 Å². The topological polar surface area (TPSA) is 12.0 Å². The van der Waals surface area contributed by atoms with Crippen molar-refractivity contribution >= 4 is 11.6 Å². The Kier molecular flexibility index (Phi) is 3.63. The van der Waals surface area contributed by atoms with E-state index in [1.807, 2.05) is 0 Å². The fourth-order valence-electron chi connectivity index (χ4n) is 1.06. The van der Waals surface area contributed by atoms with Gasteiger partial charge < -0.3 is 5.32 Å². The van der Waals surface area contributed by atoms with Gasteiger partial charge in [-0.25, -0.2) is 8.78 Å². The molecule has 0 aliphatic heterocycles. The van der Waals surface area contributed by atoms with E-state index in [0.29, 0.717) is 12.1 Å². The molecule has 0 unspecified atom stereocenters. The normalized spacial score (nSPS) is 10.5. The molecule has 0 aliphatic carbocycles. The Balaban J connectivity index is 3.05. The van der Waals surface area contributed by atoms with Crippen molar-refractivity contribution in [2.45, 2.75) is 12.4 Å². The molecule has 0 heterocycles. The fourth-order valence-corrected chi connectivity index (χ4v) is 1.26. The summed E-state index contributed by atoms with van der Waals surface area (Å²) in [7, 11) is 1.67. The van der Waals surface area contributed by atoms with Crippen LogP contribution in [0.4, 0.5) is 8.78 Å². The number of halogens is 3. The Bertz CT molecular complexity index is 302. The maximum absolute atomic E-state index is 13.1. The van der Waals surface area contributed by atoms with Crippen LogP contribution >= 0.6 is 11.6 Å². The highest BCUT2D eigenvalue weighted by molar-refractivity contribution is 6.17. The summed E-state index contributed by atoms with van der Waals surface area (Å²) in [5.41, 5.74) is 0.507. The van der Waals surface area contributed by atoms with Gasteiger partial charge in [0.25, 0.3) is 0 Å². The van der Waals surface area contributed by atoms with Crippen molar-refractivity contribution in [1.29, 1.82) is 0 Å². The van der Waals surface area contributed by atoms with E-state index < -0.39 is 11.6 Å². The molecule has 0 aromatic heterocycles. The summed E-state index contributed by atoms with van der Waals surface area (Å²) >= 11 is 5.41. The molecule has 4 heteroatoms. The number of hydrogen-bond acceptors (Lipinski definition) is 1. The van der Waals surface area contributed by atoms with Crippen molar-refractivity contribution < 1.29 is 8.78 Å². The van der Waals surface area contributed by atoms with Crippen LogP contribution in [-0.2, 0) is 12.4 Å². The van der Waals surface area contributed by atoms with Crippen LogP contribution in [0.15, 0.2) is 12.1 Å². The molecule has 72 valence electrons. The molecule has 0 bridgehead atoms. The van der Waals surface area contributed by atoms with Crippen LogP contribution in [0.5, 0.6) is 0 Å². The van der Waals surface area contributed by atoms with Gasteiger partial charge in [0.05, 0.1) is 5.88 Å². The van der Waals surface area contributed by atoms with E-state index in [4.69, 9.17) is 11.6 Å². The molecule has 0 atom stereocenters. The van der Waals surface area contributed by atoms with E-state index in [-0.39, 0.29) is 11.4 Å². The van der Waals surface area contributed by atoms with Gasteiger partial charge in [0.2, 0.25) is 0 Å². The number of nitrogens with one attached hydrogen (secondary N) is 1. The average Bonchev–Trinajstić information content (AvgIpc) is 2.11. The van der Waals surface area contributed by atoms with Crippen LogP contribution in [-0.4, -0.2) is 7.05 Å². The molecule has 1 aromatic rings. The standard InChI is InChI=1S/C9H10ClF2N/c1-13-5-7-3-8(11)6(4-10)2-9(7)12/h2-3,13H,4-5H2,1H3. The van der Waals surface area contributed by atoms with Gasteiger partial charge in [0.1, 0.15) is 11.6 Å². The molecular formula is C9H10ClF2N. The molecule has 13 heavy (non-hydrogen) atoms. The highest BCUT2D eigenvalue weighted by Crippen LogP contribution is 2.16. The minimum absolute atomic E-state index is 0.0113. The summed E-state index contributed by atoms with van der Waals surface area (Å²) in [4.78, 5) is 0. The van der Waals surface area contributed by atoms with Gasteiger partial charge in [0, 0.05) is 17.7 Å². The monoisotopic (exact) mass is 205 g/mol. The zero-order valence-electron chi connectivity index (χ0n) is 7.20. The maximum Gasteiger partial charge on any atom is 0.128 e. The summed E-state index contributed by atoms with van der Waals surface area (Å²) in [6.45, 7) is 0.311. The van der Waals surface area contributed by atoms with Crippen LogP contribution in [0, 0.1) is 11.6 Å². The highest BCUT2D eigenvalue weighted by atomic mass is 35.5. The van der Waals surface area contributed by atoms with E-state index in [9.17, 15) is 8.78 Å². The van der Waals surface area contributed by atoms with E-state index in [1.165, 1.54) is 6.07 Å². The van der Waals surface area contributed by atoms with E-state index >= 15 is 0 Å². The Morgan fingerprint density at radius 1 is 1.23 bits per heavy atom. The van der Waals surface area contributed by atoms with Gasteiger partial charge in [0.15, 0.2) is 0 Å². The molecule has 0 spiro atoms. The first-order valence-corrected chi connectivity index (χ1v) is 4.40.